The lowest BCUT2D eigenvalue weighted by Gasteiger charge is -2.22. The molecule has 2 fully saturated rings. The van der Waals surface area contributed by atoms with Crippen molar-refractivity contribution in [3.8, 4) is 0 Å². The fourth-order valence-corrected chi connectivity index (χ4v) is 3.00. The molecular formula is C16H25N3. The summed E-state index contributed by atoms with van der Waals surface area (Å²) < 4.78 is 0. The fourth-order valence-electron chi connectivity index (χ4n) is 3.00. The lowest BCUT2D eigenvalue weighted by atomic mass is 10.1. The van der Waals surface area contributed by atoms with Crippen molar-refractivity contribution in [2.45, 2.75) is 51.1 Å². The summed E-state index contributed by atoms with van der Waals surface area (Å²) in [5.74, 6) is 2.00. The molecule has 0 unspecified atom stereocenters. The van der Waals surface area contributed by atoms with E-state index in [9.17, 15) is 0 Å². The summed E-state index contributed by atoms with van der Waals surface area (Å²) >= 11 is 0. The molecule has 3 nitrogen and oxygen atoms in total. The third-order valence-corrected chi connectivity index (χ3v) is 4.38. The summed E-state index contributed by atoms with van der Waals surface area (Å²) in [5, 5.41) is 3.57. The zero-order valence-electron chi connectivity index (χ0n) is 11.9. The Morgan fingerprint density at radius 1 is 1.26 bits per heavy atom. The average molecular weight is 259 g/mol. The molecule has 0 aromatic carbocycles. The van der Waals surface area contributed by atoms with Gasteiger partial charge in [0.2, 0.25) is 0 Å². The predicted octanol–water partition coefficient (Wildman–Crippen LogP) is 2.96. The van der Waals surface area contributed by atoms with Gasteiger partial charge in [0.1, 0.15) is 5.82 Å². The van der Waals surface area contributed by atoms with Gasteiger partial charge in [-0.05, 0) is 49.3 Å². The van der Waals surface area contributed by atoms with Gasteiger partial charge in [0.15, 0.2) is 0 Å². The van der Waals surface area contributed by atoms with Crippen LogP contribution in [-0.4, -0.2) is 24.6 Å². The third kappa shape index (κ3) is 3.69. The Bertz CT molecular complexity index is 408. The molecule has 2 aliphatic carbocycles. The minimum absolute atomic E-state index is 0.771. The van der Waals surface area contributed by atoms with Gasteiger partial charge in [0.05, 0.1) is 0 Å². The van der Waals surface area contributed by atoms with Crippen molar-refractivity contribution in [1.29, 1.82) is 0 Å². The van der Waals surface area contributed by atoms with Crippen molar-refractivity contribution in [2.75, 3.05) is 18.5 Å². The van der Waals surface area contributed by atoms with Crippen LogP contribution in [0.4, 0.5) is 5.82 Å². The predicted molar refractivity (Wildman–Crippen MR) is 79.3 cm³/mol. The monoisotopic (exact) mass is 259 g/mol. The Morgan fingerprint density at radius 2 is 2.05 bits per heavy atom. The first-order valence-electron chi connectivity index (χ1n) is 7.71. The van der Waals surface area contributed by atoms with Crippen LogP contribution in [0.3, 0.4) is 0 Å². The summed E-state index contributed by atoms with van der Waals surface area (Å²) in [6.07, 6.45) is 10.3. The third-order valence-electron chi connectivity index (χ3n) is 4.38. The van der Waals surface area contributed by atoms with Crippen molar-refractivity contribution in [3.05, 3.63) is 23.9 Å². The Hall–Kier alpha value is -1.09. The SMILES string of the molecule is CN(CC1CCCC1)c1cc(CNC2CC2)ccn1. The molecule has 0 amide bonds. The van der Waals surface area contributed by atoms with Crippen molar-refractivity contribution >= 4 is 5.82 Å². The van der Waals surface area contributed by atoms with Gasteiger partial charge in [0.25, 0.3) is 0 Å². The number of nitrogens with zero attached hydrogens (tertiary/aromatic N) is 2. The highest BCUT2D eigenvalue weighted by molar-refractivity contribution is 5.40. The van der Waals surface area contributed by atoms with Gasteiger partial charge in [-0.2, -0.15) is 0 Å². The minimum Gasteiger partial charge on any atom is -0.359 e. The highest BCUT2D eigenvalue weighted by atomic mass is 15.2. The van der Waals surface area contributed by atoms with Crippen molar-refractivity contribution in [3.63, 3.8) is 0 Å². The number of pyridine rings is 1. The Balaban J connectivity index is 1.56. The van der Waals surface area contributed by atoms with Crippen molar-refractivity contribution in [2.24, 2.45) is 5.92 Å². The number of hydrogen-bond acceptors (Lipinski definition) is 3. The number of hydrogen-bond donors (Lipinski definition) is 1. The highest BCUT2D eigenvalue weighted by Crippen LogP contribution is 2.26. The molecule has 0 radical (unpaired) electrons. The van der Waals surface area contributed by atoms with Gasteiger partial charge in [-0.25, -0.2) is 4.98 Å². The van der Waals surface area contributed by atoms with Gasteiger partial charge < -0.3 is 10.2 Å². The standard InChI is InChI=1S/C16H25N3/c1-19(12-13-4-2-3-5-13)16-10-14(8-9-17-16)11-18-15-6-7-15/h8-10,13,15,18H,2-7,11-12H2,1H3. The first-order chi connectivity index (χ1) is 9.31. The van der Waals surface area contributed by atoms with Crippen LogP contribution in [0.25, 0.3) is 0 Å². The van der Waals surface area contributed by atoms with Crippen LogP contribution in [0.5, 0.6) is 0 Å². The molecule has 0 spiro atoms. The Labute approximate surface area is 116 Å². The van der Waals surface area contributed by atoms with E-state index in [2.05, 4.69) is 34.4 Å². The molecule has 1 N–H and O–H groups in total. The second-order valence-corrected chi connectivity index (χ2v) is 6.21. The molecule has 1 heterocycles. The van der Waals surface area contributed by atoms with Gasteiger partial charge >= 0.3 is 0 Å². The van der Waals surface area contributed by atoms with Crippen LogP contribution < -0.4 is 10.2 Å². The van der Waals surface area contributed by atoms with E-state index >= 15 is 0 Å². The highest BCUT2D eigenvalue weighted by Gasteiger charge is 2.20. The van der Waals surface area contributed by atoms with Crippen LogP contribution in [0.15, 0.2) is 18.3 Å². The van der Waals surface area contributed by atoms with Gasteiger partial charge in [0, 0.05) is 32.4 Å². The van der Waals surface area contributed by atoms with Crippen LogP contribution in [0, 0.1) is 5.92 Å². The molecule has 0 saturated heterocycles. The van der Waals surface area contributed by atoms with E-state index in [0.717, 1.165) is 30.9 Å². The topological polar surface area (TPSA) is 28.2 Å². The van der Waals surface area contributed by atoms with E-state index < -0.39 is 0 Å². The minimum atomic E-state index is 0.771. The number of aromatic nitrogens is 1. The summed E-state index contributed by atoms with van der Waals surface area (Å²) in [6, 6.07) is 5.14. The summed E-state index contributed by atoms with van der Waals surface area (Å²) in [5.41, 5.74) is 1.36. The molecule has 104 valence electrons. The average Bonchev–Trinajstić information content (AvgIpc) is 3.13. The van der Waals surface area contributed by atoms with Crippen LogP contribution >= 0.6 is 0 Å². The first kappa shape index (κ1) is 12.9. The maximum absolute atomic E-state index is 4.52. The molecule has 3 rings (SSSR count). The molecule has 1 aromatic rings. The van der Waals surface area contributed by atoms with Gasteiger partial charge in [-0.3, -0.25) is 0 Å². The molecule has 19 heavy (non-hydrogen) atoms. The molecule has 1 aromatic heterocycles. The number of rotatable bonds is 6. The van der Waals surface area contributed by atoms with Crippen LogP contribution in [-0.2, 0) is 6.54 Å². The molecule has 0 bridgehead atoms. The van der Waals surface area contributed by atoms with Gasteiger partial charge in [-0.15, -0.1) is 0 Å². The smallest absolute Gasteiger partial charge is 0.128 e. The van der Waals surface area contributed by atoms with E-state index in [-0.39, 0.29) is 0 Å². The Kier molecular flexibility index (Phi) is 4.02. The second-order valence-electron chi connectivity index (χ2n) is 6.21. The zero-order valence-corrected chi connectivity index (χ0v) is 11.9. The fraction of sp³-hybridized carbons (Fsp3) is 0.688. The second kappa shape index (κ2) is 5.91. The van der Waals surface area contributed by atoms with Crippen LogP contribution in [0.2, 0.25) is 0 Å². The van der Waals surface area contributed by atoms with E-state index in [0.29, 0.717) is 0 Å². The lowest BCUT2D eigenvalue weighted by molar-refractivity contribution is 0.545. The van der Waals surface area contributed by atoms with Crippen LogP contribution in [0.1, 0.15) is 44.1 Å². The maximum atomic E-state index is 4.52. The van der Waals surface area contributed by atoms with Gasteiger partial charge in [-0.1, -0.05) is 12.8 Å². The summed E-state index contributed by atoms with van der Waals surface area (Å²) in [4.78, 5) is 6.85. The summed E-state index contributed by atoms with van der Waals surface area (Å²) in [6.45, 7) is 2.14. The number of anilines is 1. The first-order valence-corrected chi connectivity index (χ1v) is 7.71. The summed E-state index contributed by atoms with van der Waals surface area (Å²) in [7, 11) is 2.18. The number of nitrogens with one attached hydrogen (secondary N) is 1. The molecule has 0 atom stereocenters. The molecule has 2 saturated carbocycles. The quantitative estimate of drug-likeness (QED) is 0.851. The largest absolute Gasteiger partial charge is 0.359 e. The zero-order chi connectivity index (χ0) is 13.1. The molecular weight excluding hydrogens is 234 g/mol. The van der Waals surface area contributed by atoms with E-state index in [4.69, 9.17) is 0 Å². The van der Waals surface area contributed by atoms with E-state index in [1.54, 1.807) is 0 Å². The molecule has 3 heteroatoms. The normalized spacial score (nSPS) is 19.8. The maximum Gasteiger partial charge on any atom is 0.128 e. The molecule has 2 aliphatic rings. The van der Waals surface area contributed by atoms with Crippen molar-refractivity contribution < 1.29 is 0 Å². The van der Waals surface area contributed by atoms with E-state index in [1.165, 1.54) is 44.1 Å². The Morgan fingerprint density at radius 3 is 2.79 bits per heavy atom. The lowest BCUT2D eigenvalue weighted by Crippen LogP contribution is -2.25. The van der Waals surface area contributed by atoms with E-state index in [1.807, 2.05) is 6.20 Å². The van der Waals surface area contributed by atoms with Crippen molar-refractivity contribution in [1.82, 2.24) is 10.3 Å². The molecule has 0 aliphatic heterocycles.